The highest BCUT2D eigenvalue weighted by molar-refractivity contribution is 9.10. The zero-order valence-corrected chi connectivity index (χ0v) is 10.4. The van der Waals surface area contributed by atoms with Crippen molar-refractivity contribution in [3.8, 4) is 0 Å². The summed E-state index contributed by atoms with van der Waals surface area (Å²) in [5, 5.41) is 13.8. The number of urea groups is 1. The lowest BCUT2D eigenvalue weighted by Crippen LogP contribution is -2.31. The molecule has 0 aliphatic carbocycles. The molecule has 2 aromatic rings. The van der Waals surface area contributed by atoms with E-state index in [4.69, 9.17) is 5.11 Å². The van der Waals surface area contributed by atoms with E-state index in [0.29, 0.717) is 11.3 Å². The Hall–Kier alpha value is -1.60. The number of anilines is 1. The van der Waals surface area contributed by atoms with Gasteiger partial charge in [0.15, 0.2) is 5.65 Å². The number of fused-ring (bicyclic) bond motifs is 1. The molecule has 0 aliphatic rings. The van der Waals surface area contributed by atoms with Crippen LogP contribution in [0, 0.1) is 0 Å². The number of nitrogens with zero attached hydrogens (tertiary/aromatic N) is 2. The quantitative estimate of drug-likeness (QED) is 0.797. The summed E-state index contributed by atoms with van der Waals surface area (Å²) in [6.45, 7) is 0.120. The maximum absolute atomic E-state index is 11.5. The lowest BCUT2D eigenvalue weighted by atomic mass is 10.4. The van der Waals surface area contributed by atoms with Gasteiger partial charge in [-0.25, -0.2) is 9.78 Å². The predicted octanol–water partition coefficient (Wildman–Crippen LogP) is 1.21. The van der Waals surface area contributed by atoms with Crippen LogP contribution in [0.2, 0.25) is 0 Å². The largest absolute Gasteiger partial charge is 0.395 e. The van der Waals surface area contributed by atoms with Crippen molar-refractivity contribution in [2.45, 2.75) is 0 Å². The average molecular weight is 299 g/mol. The second kappa shape index (κ2) is 5.15. The molecule has 6 nitrogen and oxygen atoms in total. The van der Waals surface area contributed by atoms with Crippen molar-refractivity contribution in [2.75, 3.05) is 18.5 Å². The van der Waals surface area contributed by atoms with Crippen LogP contribution in [0.1, 0.15) is 0 Å². The van der Waals surface area contributed by atoms with Gasteiger partial charge in [0.1, 0.15) is 0 Å². The van der Waals surface area contributed by atoms with Crippen LogP contribution in [0.25, 0.3) is 5.65 Å². The molecular formula is C10H11BrN4O2. The van der Waals surface area contributed by atoms with Gasteiger partial charge in [-0.3, -0.25) is 0 Å². The summed E-state index contributed by atoms with van der Waals surface area (Å²) in [6, 6.07) is 1.39. The molecular weight excluding hydrogens is 288 g/mol. The van der Waals surface area contributed by atoms with Crippen molar-refractivity contribution >= 4 is 33.3 Å². The standard InChI is InChI=1S/C10H11BrN4O2/c11-7-5-8(14-10(17)13-2-4-16)9-12-1-3-15(9)6-7/h1,3,5-6,16H,2,4H2,(H2,13,14,17). The molecule has 0 fully saturated rings. The van der Waals surface area contributed by atoms with Crippen LogP contribution in [-0.4, -0.2) is 33.7 Å². The number of carbonyl (C=O) groups excluding carboxylic acids is 1. The molecule has 2 amide bonds. The first kappa shape index (κ1) is 11.9. The van der Waals surface area contributed by atoms with Gasteiger partial charge in [-0.15, -0.1) is 0 Å². The second-order valence-electron chi connectivity index (χ2n) is 3.33. The minimum Gasteiger partial charge on any atom is -0.395 e. The van der Waals surface area contributed by atoms with Crippen LogP contribution < -0.4 is 10.6 Å². The maximum atomic E-state index is 11.5. The molecule has 7 heteroatoms. The van der Waals surface area contributed by atoms with E-state index < -0.39 is 0 Å². The second-order valence-corrected chi connectivity index (χ2v) is 4.25. The van der Waals surface area contributed by atoms with Crippen LogP contribution in [0.15, 0.2) is 29.1 Å². The van der Waals surface area contributed by atoms with Gasteiger partial charge in [-0.2, -0.15) is 0 Å². The van der Waals surface area contributed by atoms with E-state index in [2.05, 4.69) is 31.5 Å². The molecule has 0 aromatic carbocycles. The van der Waals surface area contributed by atoms with Crippen LogP contribution in [0.5, 0.6) is 0 Å². The van der Waals surface area contributed by atoms with Crippen molar-refractivity contribution in [1.82, 2.24) is 14.7 Å². The molecule has 0 saturated carbocycles. The van der Waals surface area contributed by atoms with E-state index in [1.54, 1.807) is 22.9 Å². The highest BCUT2D eigenvalue weighted by Gasteiger charge is 2.07. The van der Waals surface area contributed by atoms with Crippen molar-refractivity contribution in [3.63, 3.8) is 0 Å². The predicted molar refractivity (Wildman–Crippen MR) is 67.0 cm³/mol. The summed E-state index contributed by atoms with van der Waals surface area (Å²) in [6.07, 6.45) is 5.29. The number of hydrogen-bond acceptors (Lipinski definition) is 3. The minimum atomic E-state index is -0.373. The van der Waals surface area contributed by atoms with Crippen molar-refractivity contribution in [2.24, 2.45) is 0 Å². The fraction of sp³-hybridized carbons (Fsp3) is 0.200. The number of rotatable bonds is 3. The molecule has 0 radical (unpaired) electrons. The summed E-state index contributed by atoms with van der Waals surface area (Å²) in [7, 11) is 0. The Labute approximate surface area is 106 Å². The van der Waals surface area contributed by atoms with E-state index in [1.807, 2.05) is 6.20 Å². The Morgan fingerprint density at radius 3 is 3.18 bits per heavy atom. The Balaban J connectivity index is 2.22. The summed E-state index contributed by atoms with van der Waals surface area (Å²) < 4.78 is 2.63. The van der Waals surface area contributed by atoms with Crippen molar-refractivity contribution in [3.05, 3.63) is 29.1 Å². The third-order valence-electron chi connectivity index (χ3n) is 2.10. The van der Waals surface area contributed by atoms with Crippen molar-refractivity contribution in [1.29, 1.82) is 0 Å². The number of aliphatic hydroxyl groups excluding tert-OH is 1. The molecule has 0 saturated heterocycles. The van der Waals surface area contributed by atoms with Crippen molar-refractivity contribution < 1.29 is 9.90 Å². The van der Waals surface area contributed by atoms with Gasteiger partial charge in [0.2, 0.25) is 0 Å². The number of hydrogen-bond donors (Lipinski definition) is 3. The molecule has 3 N–H and O–H groups in total. The zero-order chi connectivity index (χ0) is 12.3. The molecule has 2 rings (SSSR count). The molecule has 2 aromatic heterocycles. The number of imidazole rings is 1. The number of nitrogens with one attached hydrogen (secondary N) is 2. The van der Waals surface area contributed by atoms with Gasteiger partial charge >= 0.3 is 6.03 Å². The van der Waals surface area contributed by atoms with E-state index in [1.165, 1.54) is 0 Å². The van der Waals surface area contributed by atoms with Gasteiger partial charge in [-0.1, -0.05) is 0 Å². The molecule has 2 heterocycles. The number of halogens is 1. The highest BCUT2D eigenvalue weighted by atomic mass is 79.9. The topological polar surface area (TPSA) is 78.7 Å². The molecule has 0 aliphatic heterocycles. The van der Waals surface area contributed by atoms with Gasteiger partial charge in [0.05, 0.1) is 12.3 Å². The van der Waals surface area contributed by atoms with Crippen LogP contribution in [0.4, 0.5) is 10.5 Å². The first-order chi connectivity index (χ1) is 8.20. The summed E-state index contributed by atoms with van der Waals surface area (Å²) in [4.78, 5) is 15.6. The van der Waals surface area contributed by atoms with E-state index >= 15 is 0 Å². The average Bonchev–Trinajstić information content (AvgIpc) is 2.74. The molecule has 0 spiro atoms. The van der Waals surface area contributed by atoms with Gasteiger partial charge < -0.3 is 20.1 Å². The number of pyridine rings is 1. The van der Waals surface area contributed by atoms with E-state index in [9.17, 15) is 4.79 Å². The Morgan fingerprint density at radius 1 is 1.59 bits per heavy atom. The van der Waals surface area contributed by atoms with E-state index in [-0.39, 0.29) is 19.2 Å². The zero-order valence-electron chi connectivity index (χ0n) is 8.85. The number of carbonyl (C=O) groups is 1. The number of aromatic nitrogens is 2. The number of aliphatic hydroxyl groups is 1. The lowest BCUT2D eigenvalue weighted by Gasteiger charge is -2.08. The lowest BCUT2D eigenvalue weighted by molar-refractivity contribution is 0.245. The fourth-order valence-electron chi connectivity index (χ4n) is 1.43. The first-order valence-corrected chi connectivity index (χ1v) is 5.78. The molecule has 0 bridgehead atoms. The SMILES string of the molecule is O=C(NCCO)Nc1cc(Br)cn2ccnc12. The molecule has 0 unspecified atom stereocenters. The first-order valence-electron chi connectivity index (χ1n) is 4.98. The smallest absolute Gasteiger partial charge is 0.319 e. The minimum absolute atomic E-state index is 0.0926. The van der Waals surface area contributed by atoms with E-state index in [0.717, 1.165) is 4.47 Å². The monoisotopic (exact) mass is 298 g/mol. The fourth-order valence-corrected chi connectivity index (χ4v) is 1.88. The summed E-state index contributed by atoms with van der Waals surface area (Å²) in [5.41, 5.74) is 1.26. The summed E-state index contributed by atoms with van der Waals surface area (Å²) in [5.74, 6) is 0. The van der Waals surface area contributed by atoms with Gasteiger partial charge in [-0.05, 0) is 22.0 Å². The molecule has 0 atom stereocenters. The van der Waals surface area contributed by atoms with Crippen LogP contribution in [-0.2, 0) is 0 Å². The van der Waals surface area contributed by atoms with Crippen LogP contribution >= 0.6 is 15.9 Å². The van der Waals surface area contributed by atoms with Crippen LogP contribution in [0.3, 0.4) is 0 Å². The summed E-state index contributed by atoms with van der Waals surface area (Å²) >= 11 is 3.35. The number of amides is 2. The highest BCUT2D eigenvalue weighted by Crippen LogP contribution is 2.21. The molecule has 90 valence electrons. The van der Waals surface area contributed by atoms with Gasteiger partial charge in [0.25, 0.3) is 0 Å². The van der Waals surface area contributed by atoms with Gasteiger partial charge in [0, 0.05) is 29.6 Å². The normalized spacial score (nSPS) is 10.5. The third kappa shape index (κ3) is 2.75. The molecule has 17 heavy (non-hydrogen) atoms. The maximum Gasteiger partial charge on any atom is 0.319 e. The Morgan fingerprint density at radius 2 is 2.41 bits per heavy atom. The third-order valence-corrected chi connectivity index (χ3v) is 2.53. The Bertz CT molecular complexity index is 540. The Kier molecular flexibility index (Phi) is 3.60.